The van der Waals surface area contributed by atoms with Crippen LogP contribution in [0.25, 0.3) is 10.8 Å². The Kier molecular flexibility index (Phi) is 5.53. The quantitative estimate of drug-likeness (QED) is 0.640. The number of anilines is 1. The summed E-state index contributed by atoms with van der Waals surface area (Å²) in [5.74, 6) is -2.27. The van der Waals surface area contributed by atoms with Crippen LogP contribution in [0.2, 0.25) is 5.02 Å². The molecule has 3 rings (SSSR count). The smallest absolute Gasteiger partial charge is 0.417 e. The lowest BCUT2D eigenvalue weighted by molar-refractivity contribution is -0.137. The molecule has 11 heteroatoms. The van der Waals surface area contributed by atoms with Crippen LogP contribution in [0, 0.1) is 0 Å². The molecule has 30 heavy (non-hydrogen) atoms. The molecule has 0 aliphatic heterocycles. The Morgan fingerprint density at radius 2 is 1.80 bits per heavy atom. The van der Waals surface area contributed by atoms with Crippen molar-refractivity contribution in [1.29, 1.82) is 0 Å². The maximum absolute atomic E-state index is 13.0. The number of carbonyl (C=O) groups excluding carboxylic acids is 1. The summed E-state index contributed by atoms with van der Waals surface area (Å²) in [5.41, 5.74) is -2.49. The van der Waals surface area contributed by atoms with Gasteiger partial charge in [-0.15, -0.1) is 0 Å². The van der Waals surface area contributed by atoms with Crippen molar-refractivity contribution in [3.8, 4) is 0 Å². The van der Waals surface area contributed by atoms with E-state index in [1.807, 2.05) is 0 Å². The van der Waals surface area contributed by atoms with Gasteiger partial charge in [-0.25, -0.2) is 9.48 Å². The van der Waals surface area contributed by atoms with Gasteiger partial charge in [0.15, 0.2) is 5.69 Å². The number of carbonyl (C=O) groups is 2. The number of aromatic nitrogens is 2. The first kappa shape index (κ1) is 21.3. The van der Waals surface area contributed by atoms with Crippen molar-refractivity contribution in [2.45, 2.75) is 19.1 Å². The van der Waals surface area contributed by atoms with E-state index in [2.05, 4.69) is 10.4 Å². The summed E-state index contributed by atoms with van der Waals surface area (Å²) in [6, 6.07) is 7.36. The van der Waals surface area contributed by atoms with Crippen LogP contribution in [-0.2, 0) is 11.0 Å². The Bertz CT molecular complexity index is 1220. The number of fused-ring (bicyclic) bond motifs is 1. The van der Waals surface area contributed by atoms with Crippen molar-refractivity contribution < 1.29 is 27.9 Å². The van der Waals surface area contributed by atoms with Crippen LogP contribution in [0.3, 0.4) is 0 Å². The highest BCUT2D eigenvalue weighted by atomic mass is 35.5. The van der Waals surface area contributed by atoms with Crippen molar-refractivity contribution in [1.82, 2.24) is 9.78 Å². The number of carboxylic acid groups (broad SMARTS) is 1. The van der Waals surface area contributed by atoms with Gasteiger partial charge in [-0.1, -0.05) is 29.8 Å². The van der Waals surface area contributed by atoms with E-state index in [1.165, 1.54) is 37.3 Å². The molecule has 0 bridgehead atoms. The van der Waals surface area contributed by atoms with Gasteiger partial charge >= 0.3 is 12.1 Å². The van der Waals surface area contributed by atoms with Gasteiger partial charge in [0.05, 0.1) is 16.0 Å². The highest BCUT2D eigenvalue weighted by Crippen LogP contribution is 2.36. The molecule has 1 aromatic heterocycles. The molecule has 1 heterocycles. The second-order valence-electron chi connectivity index (χ2n) is 6.31. The summed E-state index contributed by atoms with van der Waals surface area (Å²) in [5, 5.41) is 15.0. The van der Waals surface area contributed by atoms with Crippen LogP contribution >= 0.6 is 11.6 Å². The van der Waals surface area contributed by atoms with E-state index >= 15 is 0 Å². The average Bonchev–Trinajstić information content (AvgIpc) is 2.68. The largest absolute Gasteiger partial charge is 0.476 e. The minimum Gasteiger partial charge on any atom is -0.476 e. The summed E-state index contributed by atoms with van der Waals surface area (Å²) in [4.78, 5) is 36.8. The molecule has 0 fully saturated rings. The summed E-state index contributed by atoms with van der Waals surface area (Å²) in [7, 11) is 0. The van der Waals surface area contributed by atoms with E-state index in [0.717, 1.165) is 6.07 Å². The third-order valence-corrected chi connectivity index (χ3v) is 4.65. The van der Waals surface area contributed by atoms with Crippen molar-refractivity contribution in [3.63, 3.8) is 0 Å². The molecule has 2 N–H and O–H groups in total. The van der Waals surface area contributed by atoms with Crippen LogP contribution in [-0.4, -0.2) is 26.8 Å². The highest BCUT2D eigenvalue weighted by molar-refractivity contribution is 6.31. The molecule has 2 aromatic carbocycles. The normalized spacial score (nSPS) is 12.6. The van der Waals surface area contributed by atoms with Gasteiger partial charge in [0.2, 0.25) is 5.91 Å². The molecule has 0 saturated heterocycles. The molecule has 7 nitrogen and oxygen atoms in total. The monoisotopic (exact) mass is 439 g/mol. The molecule has 0 spiro atoms. The number of aromatic carboxylic acids is 1. The molecule has 3 aromatic rings. The fourth-order valence-electron chi connectivity index (χ4n) is 2.81. The van der Waals surface area contributed by atoms with Crippen molar-refractivity contribution in [3.05, 3.63) is 69.1 Å². The first-order chi connectivity index (χ1) is 14.0. The third-order valence-electron chi connectivity index (χ3n) is 4.32. The van der Waals surface area contributed by atoms with Crippen molar-refractivity contribution >= 4 is 39.9 Å². The maximum atomic E-state index is 13.0. The van der Waals surface area contributed by atoms with Crippen LogP contribution in [0.5, 0.6) is 0 Å². The zero-order chi connectivity index (χ0) is 22.2. The lowest BCUT2D eigenvalue weighted by Gasteiger charge is -2.17. The van der Waals surface area contributed by atoms with E-state index < -0.39 is 45.9 Å². The number of alkyl halides is 3. The molecule has 0 aliphatic carbocycles. The topological polar surface area (TPSA) is 101 Å². The summed E-state index contributed by atoms with van der Waals surface area (Å²) in [6.45, 7) is 1.27. The second-order valence-corrected chi connectivity index (χ2v) is 6.71. The summed E-state index contributed by atoms with van der Waals surface area (Å²) in [6.07, 6.45) is -4.73. The Hall–Kier alpha value is -3.40. The molecule has 0 aliphatic rings. The number of rotatable bonds is 4. The third kappa shape index (κ3) is 3.99. The van der Waals surface area contributed by atoms with Gasteiger partial charge in [0.1, 0.15) is 6.04 Å². The number of hydrogen-bond donors (Lipinski definition) is 2. The average molecular weight is 440 g/mol. The Morgan fingerprint density at radius 1 is 1.17 bits per heavy atom. The first-order valence-electron chi connectivity index (χ1n) is 8.43. The minimum absolute atomic E-state index is 0.0374. The van der Waals surface area contributed by atoms with E-state index in [9.17, 15) is 32.7 Å². The lowest BCUT2D eigenvalue weighted by Crippen LogP contribution is -2.34. The van der Waals surface area contributed by atoms with E-state index in [0.29, 0.717) is 10.7 Å². The predicted molar refractivity (Wildman–Crippen MR) is 103 cm³/mol. The molecule has 1 atom stereocenters. The van der Waals surface area contributed by atoms with Gasteiger partial charge in [0.25, 0.3) is 5.56 Å². The maximum Gasteiger partial charge on any atom is 0.417 e. The van der Waals surface area contributed by atoms with E-state index in [-0.39, 0.29) is 16.5 Å². The molecular weight excluding hydrogens is 427 g/mol. The van der Waals surface area contributed by atoms with Gasteiger partial charge in [-0.05, 0) is 31.2 Å². The molecule has 0 radical (unpaired) electrons. The van der Waals surface area contributed by atoms with E-state index in [4.69, 9.17) is 11.6 Å². The molecule has 0 saturated carbocycles. The SMILES string of the molecule is CC(C(=O)Nc1ccc(Cl)c(C(F)(F)F)c1)n1nc(C(=O)O)c2ccccc2c1=O. The number of amides is 1. The summed E-state index contributed by atoms with van der Waals surface area (Å²) < 4.78 is 39.7. The zero-order valence-corrected chi connectivity index (χ0v) is 16.0. The standard InChI is InChI=1S/C19H13ClF3N3O4/c1-9(16(27)24-10-6-7-14(20)13(8-10)19(21,22)23)26-17(28)12-5-3-2-4-11(12)15(25-26)18(29)30/h2-9H,1H3,(H,24,27)(H,29,30). The number of hydrogen-bond acceptors (Lipinski definition) is 4. The van der Waals surface area contributed by atoms with Gasteiger partial charge in [-0.2, -0.15) is 18.3 Å². The highest BCUT2D eigenvalue weighted by Gasteiger charge is 2.33. The molecule has 1 amide bonds. The number of benzene rings is 2. The Balaban J connectivity index is 2.00. The van der Waals surface area contributed by atoms with E-state index in [1.54, 1.807) is 0 Å². The van der Waals surface area contributed by atoms with Crippen LogP contribution in [0.4, 0.5) is 18.9 Å². The Morgan fingerprint density at radius 3 is 2.40 bits per heavy atom. The number of carboxylic acids is 1. The second kappa shape index (κ2) is 7.79. The number of nitrogens with zero attached hydrogens (tertiary/aromatic N) is 2. The predicted octanol–water partition coefficient (Wildman–Crippen LogP) is 3.97. The van der Waals surface area contributed by atoms with Gasteiger partial charge < -0.3 is 10.4 Å². The van der Waals surface area contributed by atoms with Crippen LogP contribution in [0.15, 0.2) is 47.3 Å². The summed E-state index contributed by atoms with van der Waals surface area (Å²) >= 11 is 5.56. The zero-order valence-electron chi connectivity index (χ0n) is 15.2. The molecular formula is C19H13ClF3N3O4. The number of nitrogens with one attached hydrogen (secondary N) is 1. The van der Waals surface area contributed by atoms with Crippen molar-refractivity contribution in [2.24, 2.45) is 0 Å². The van der Waals surface area contributed by atoms with Crippen LogP contribution in [0.1, 0.15) is 29.0 Å². The van der Waals surface area contributed by atoms with Gasteiger partial charge in [0, 0.05) is 11.1 Å². The van der Waals surface area contributed by atoms with Gasteiger partial charge in [-0.3, -0.25) is 9.59 Å². The fourth-order valence-corrected chi connectivity index (χ4v) is 3.03. The fraction of sp³-hybridized carbons (Fsp3) is 0.158. The minimum atomic E-state index is -4.73. The number of halogens is 4. The first-order valence-corrected chi connectivity index (χ1v) is 8.81. The van der Waals surface area contributed by atoms with Crippen molar-refractivity contribution in [2.75, 3.05) is 5.32 Å². The van der Waals surface area contributed by atoms with Crippen LogP contribution < -0.4 is 10.9 Å². The molecule has 1 unspecified atom stereocenters. The molecule has 156 valence electrons. The lowest BCUT2D eigenvalue weighted by atomic mass is 10.1. The Labute approximate surface area is 171 Å².